The van der Waals surface area contributed by atoms with Crippen LogP contribution in [-0.2, 0) is 0 Å². The monoisotopic (exact) mass is 200 g/mol. The fraction of sp³-hybridized carbons (Fsp3) is 0.778. The summed E-state index contributed by atoms with van der Waals surface area (Å²) in [6.07, 6.45) is 0. The molecule has 0 saturated heterocycles. The predicted molar refractivity (Wildman–Crippen MR) is 50.6 cm³/mol. The van der Waals surface area contributed by atoms with E-state index in [0.717, 1.165) is 0 Å². The van der Waals surface area contributed by atoms with Gasteiger partial charge in [0, 0.05) is 0 Å². The molecule has 0 aromatic carbocycles. The number of hydrogen-bond donors (Lipinski definition) is 0. The number of hydrogen-bond acceptors (Lipinski definition) is 0. The van der Waals surface area contributed by atoms with Crippen molar-refractivity contribution in [3.05, 3.63) is 0 Å². The Bertz CT molecular complexity index is 138. The third-order valence-electron chi connectivity index (χ3n) is 0.812. The van der Waals surface area contributed by atoms with Crippen molar-refractivity contribution in [2.75, 3.05) is 0 Å². The van der Waals surface area contributed by atoms with Gasteiger partial charge < -0.3 is 0 Å². The van der Waals surface area contributed by atoms with Crippen LogP contribution < -0.4 is 0 Å². The summed E-state index contributed by atoms with van der Waals surface area (Å²) in [5, 5.41) is 0. The molecule has 0 aromatic heterocycles. The van der Waals surface area contributed by atoms with Crippen molar-refractivity contribution in [1.82, 2.24) is 0 Å². The quantitative estimate of drug-likeness (QED) is 0.415. The van der Waals surface area contributed by atoms with Crippen molar-refractivity contribution >= 4 is 13.3 Å². The van der Waals surface area contributed by atoms with Gasteiger partial charge >= 0.3 is 67.4 Å². The second-order valence-corrected chi connectivity index (χ2v) is 14.7. The van der Waals surface area contributed by atoms with Gasteiger partial charge in [0.1, 0.15) is 0 Å². The molecule has 0 heterocycles. The van der Waals surface area contributed by atoms with Crippen molar-refractivity contribution in [2.45, 2.75) is 38.0 Å². The second-order valence-electron chi connectivity index (χ2n) is 4.75. The fourth-order valence-corrected chi connectivity index (χ4v) is 1.95. The van der Waals surface area contributed by atoms with Gasteiger partial charge in [0.05, 0.1) is 0 Å². The normalized spacial score (nSPS) is 12.2. The van der Waals surface area contributed by atoms with Gasteiger partial charge in [-0.25, -0.2) is 0 Å². The Balaban J connectivity index is 4.19. The summed E-state index contributed by atoms with van der Waals surface area (Å²) in [4.78, 5) is 0. The molecule has 0 aromatic rings. The SMILES string of the molecule is CC(C)(C)C#[C][Ge]([CH3])([CH3])[CH3]. The van der Waals surface area contributed by atoms with Crippen LogP contribution in [0.3, 0.4) is 0 Å². The van der Waals surface area contributed by atoms with Crippen molar-refractivity contribution in [3.63, 3.8) is 0 Å². The van der Waals surface area contributed by atoms with E-state index in [1.165, 1.54) is 0 Å². The second kappa shape index (κ2) is 3.00. The Morgan fingerprint density at radius 1 is 1.00 bits per heavy atom. The number of rotatable bonds is 0. The van der Waals surface area contributed by atoms with Gasteiger partial charge in [-0.05, 0) is 0 Å². The van der Waals surface area contributed by atoms with E-state index >= 15 is 0 Å². The van der Waals surface area contributed by atoms with Crippen molar-refractivity contribution in [3.8, 4) is 10.7 Å². The molecule has 0 saturated carbocycles. The minimum absolute atomic E-state index is 0.193. The molecule has 0 nitrogen and oxygen atoms in total. The van der Waals surface area contributed by atoms with Gasteiger partial charge in [0.2, 0.25) is 0 Å². The van der Waals surface area contributed by atoms with E-state index in [-0.39, 0.29) is 5.41 Å². The molecule has 0 spiro atoms. The molecule has 0 rings (SSSR count). The predicted octanol–water partition coefficient (Wildman–Crippen LogP) is 2.91. The van der Waals surface area contributed by atoms with Crippen LogP contribution in [-0.4, -0.2) is 13.3 Å². The van der Waals surface area contributed by atoms with Gasteiger partial charge in [-0.15, -0.1) is 0 Å². The molecule has 0 bridgehead atoms. The standard InChI is InChI=1S/C9H18Ge/c1-9(2,3)7-8-10(4,5)6/h1-6H3. The molecule has 0 aliphatic rings. The Morgan fingerprint density at radius 2 is 1.40 bits per heavy atom. The third kappa shape index (κ3) is 8.10. The summed E-state index contributed by atoms with van der Waals surface area (Å²) in [5.74, 6) is 10.2. The molecule has 0 aliphatic heterocycles. The van der Waals surface area contributed by atoms with Crippen LogP contribution >= 0.6 is 0 Å². The zero-order valence-corrected chi connectivity index (χ0v) is 10.1. The maximum absolute atomic E-state index is 3.40. The van der Waals surface area contributed by atoms with Gasteiger partial charge in [-0.2, -0.15) is 0 Å². The molecule has 0 amide bonds. The van der Waals surface area contributed by atoms with Crippen LogP contribution in [0.5, 0.6) is 0 Å². The average Bonchev–Trinajstić information content (AvgIpc) is 1.57. The van der Waals surface area contributed by atoms with Gasteiger partial charge in [0.15, 0.2) is 0 Å². The van der Waals surface area contributed by atoms with E-state index in [4.69, 9.17) is 0 Å². The van der Waals surface area contributed by atoms with E-state index in [9.17, 15) is 0 Å². The molecule has 0 unspecified atom stereocenters. The van der Waals surface area contributed by atoms with E-state index < -0.39 is 13.3 Å². The first kappa shape index (κ1) is 10.1. The summed E-state index contributed by atoms with van der Waals surface area (Å²) >= 11 is -1.57. The van der Waals surface area contributed by atoms with Crippen LogP contribution in [0.1, 0.15) is 20.8 Å². The average molecular weight is 199 g/mol. The molecule has 58 valence electrons. The topological polar surface area (TPSA) is 0 Å². The van der Waals surface area contributed by atoms with Gasteiger partial charge in [0.25, 0.3) is 0 Å². The maximum atomic E-state index is 3.40. The summed E-state index contributed by atoms with van der Waals surface area (Å²) in [6, 6.07) is 0. The van der Waals surface area contributed by atoms with E-state index in [0.29, 0.717) is 0 Å². The van der Waals surface area contributed by atoms with E-state index in [2.05, 4.69) is 48.7 Å². The van der Waals surface area contributed by atoms with E-state index in [1.807, 2.05) is 0 Å². The first-order valence-electron chi connectivity index (χ1n) is 3.75. The fourth-order valence-electron chi connectivity index (χ4n) is 0.375. The molecule has 10 heavy (non-hydrogen) atoms. The summed E-state index contributed by atoms with van der Waals surface area (Å²) in [5.41, 5.74) is 0.193. The van der Waals surface area contributed by atoms with Crippen LogP contribution in [0.25, 0.3) is 0 Å². The molecule has 0 N–H and O–H groups in total. The molecular formula is C9H18Ge. The Hall–Kier alpha value is 0.103. The van der Waals surface area contributed by atoms with Gasteiger partial charge in [-0.1, -0.05) is 0 Å². The van der Waals surface area contributed by atoms with Crippen LogP contribution in [0, 0.1) is 16.1 Å². The van der Waals surface area contributed by atoms with Crippen LogP contribution in [0.2, 0.25) is 17.3 Å². The van der Waals surface area contributed by atoms with E-state index in [1.54, 1.807) is 0 Å². The van der Waals surface area contributed by atoms with Crippen molar-refractivity contribution in [1.29, 1.82) is 0 Å². The summed E-state index contributed by atoms with van der Waals surface area (Å²) in [7, 11) is 0. The summed E-state index contributed by atoms with van der Waals surface area (Å²) < 4.78 is 3.40. The first-order chi connectivity index (χ1) is 4.21. The first-order valence-corrected chi connectivity index (χ1v) is 11.1. The molecule has 1 heteroatoms. The Labute approximate surface area is 67.8 Å². The van der Waals surface area contributed by atoms with Crippen molar-refractivity contribution in [2.24, 2.45) is 5.41 Å². The van der Waals surface area contributed by atoms with Crippen molar-refractivity contribution < 1.29 is 0 Å². The zero-order chi connectivity index (χ0) is 8.41. The van der Waals surface area contributed by atoms with Crippen LogP contribution in [0.4, 0.5) is 0 Å². The zero-order valence-electron chi connectivity index (χ0n) is 8.00. The minimum atomic E-state index is -1.57. The Morgan fingerprint density at radius 3 is 1.50 bits per heavy atom. The van der Waals surface area contributed by atoms with Gasteiger partial charge in [-0.3, -0.25) is 0 Å². The molecular weight excluding hydrogens is 181 g/mol. The molecule has 0 atom stereocenters. The molecule has 0 radical (unpaired) electrons. The Kier molecular flexibility index (Phi) is 3.04. The third-order valence-corrected chi connectivity index (χ3v) is 2.65. The molecule has 0 fully saturated rings. The summed E-state index contributed by atoms with van der Waals surface area (Å²) in [6.45, 7) is 6.48. The molecule has 0 aliphatic carbocycles. The van der Waals surface area contributed by atoms with Crippen LogP contribution in [0.15, 0.2) is 0 Å².